The predicted octanol–water partition coefficient (Wildman–Crippen LogP) is -3.16. The summed E-state index contributed by atoms with van der Waals surface area (Å²) in [5.74, 6) is 0.278. The van der Waals surface area contributed by atoms with Crippen molar-refractivity contribution in [3.63, 3.8) is 0 Å². The van der Waals surface area contributed by atoms with Gasteiger partial charge in [-0.1, -0.05) is 13.0 Å². The summed E-state index contributed by atoms with van der Waals surface area (Å²) in [5, 5.41) is 51.7. The molecule has 9 unspecified atom stereocenters. The fourth-order valence-electron chi connectivity index (χ4n) is 6.88. The average molecular weight is 470 g/mol. The van der Waals surface area contributed by atoms with Gasteiger partial charge in [-0.2, -0.15) is 0 Å². The number of aliphatic hydroxyl groups is 4. The minimum Gasteiger partial charge on any atom is -0.547 e. The third-order valence-electron chi connectivity index (χ3n) is 8.70. The molecule has 5 rings (SSSR count). The molecule has 0 radical (unpaired) electrons. The number of aryl methyl sites for hydroxylation is 1. The molecule has 176 valence electrons. The summed E-state index contributed by atoms with van der Waals surface area (Å²) in [6.45, 7) is 2.25. The molecule has 0 amide bonds. The van der Waals surface area contributed by atoms with Crippen molar-refractivity contribution >= 4 is 5.97 Å². The molecule has 4 aliphatic rings. The third kappa shape index (κ3) is 4.16. The summed E-state index contributed by atoms with van der Waals surface area (Å²) in [5.41, 5.74) is 2.48. The summed E-state index contributed by atoms with van der Waals surface area (Å²) >= 11 is 0. The van der Waals surface area contributed by atoms with Crippen LogP contribution < -0.4 is 39.4 Å². The minimum absolute atomic E-state index is 0. The molecule has 0 spiro atoms. The van der Waals surface area contributed by atoms with Crippen LogP contribution in [0.4, 0.5) is 0 Å². The maximum atomic E-state index is 11.2. The monoisotopic (exact) mass is 470 g/mol. The van der Waals surface area contributed by atoms with Gasteiger partial charge in [-0.25, -0.2) is 0 Å². The molecule has 3 aliphatic carbocycles. The number of carbonyl (C=O) groups is 1. The quantitative estimate of drug-likeness (QED) is 0.340. The van der Waals surface area contributed by atoms with Crippen LogP contribution in [-0.4, -0.2) is 63.2 Å². The summed E-state index contributed by atoms with van der Waals surface area (Å²) in [7, 11) is 0. The molecule has 2 saturated carbocycles. The zero-order chi connectivity index (χ0) is 22.8. The summed E-state index contributed by atoms with van der Waals surface area (Å²) < 4.78 is 10.9. The van der Waals surface area contributed by atoms with Gasteiger partial charge in [0.05, 0.1) is 12.1 Å². The van der Waals surface area contributed by atoms with Gasteiger partial charge in [0.25, 0.3) is 0 Å². The number of benzene rings is 1. The molecule has 0 aromatic heterocycles. The van der Waals surface area contributed by atoms with Crippen molar-refractivity contribution in [2.75, 3.05) is 0 Å². The second-order valence-corrected chi connectivity index (χ2v) is 10.2. The van der Waals surface area contributed by atoms with Crippen LogP contribution in [0.3, 0.4) is 0 Å². The second-order valence-electron chi connectivity index (χ2n) is 10.2. The summed E-state index contributed by atoms with van der Waals surface area (Å²) in [6, 6.07) is 5.71. The van der Waals surface area contributed by atoms with Gasteiger partial charge in [-0.15, -0.1) is 0 Å². The topological polar surface area (TPSA) is 140 Å². The molecule has 1 aromatic rings. The fourth-order valence-corrected chi connectivity index (χ4v) is 6.88. The van der Waals surface area contributed by atoms with Gasteiger partial charge < -0.3 is 39.8 Å². The van der Waals surface area contributed by atoms with Crippen molar-refractivity contribution in [3.05, 3.63) is 29.3 Å². The number of rotatable bonds is 3. The molecule has 4 N–H and O–H groups in total. The van der Waals surface area contributed by atoms with E-state index in [4.69, 9.17) is 9.47 Å². The van der Waals surface area contributed by atoms with Crippen LogP contribution in [0, 0.1) is 17.3 Å². The van der Waals surface area contributed by atoms with Crippen LogP contribution >= 0.6 is 0 Å². The molecule has 1 aliphatic heterocycles. The van der Waals surface area contributed by atoms with Gasteiger partial charge in [-0.3, -0.25) is 0 Å². The Kier molecular flexibility index (Phi) is 7.22. The van der Waals surface area contributed by atoms with Crippen LogP contribution in [0.25, 0.3) is 0 Å². The van der Waals surface area contributed by atoms with Gasteiger partial charge in [0.15, 0.2) is 0 Å². The smallest absolute Gasteiger partial charge is 0.547 e. The first-order valence-corrected chi connectivity index (χ1v) is 11.6. The number of carboxylic acid groups (broad SMARTS) is 1. The molecule has 3 fully saturated rings. The van der Waals surface area contributed by atoms with E-state index in [1.807, 2.05) is 12.1 Å². The molecule has 8 nitrogen and oxygen atoms in total. The maximum Gasteiger partial charge on any atom is 1.00 e. The van der Waals surface area contributed by atoms with E-state index in [1.165, 1.54) is 5.56 Å². The van der Waals surface area contributed by atoms with E-state index in [0.29, 0.717) is 23.5 Å². The number of aliphatic hydroxyl groups excluding tert-OH is 4. The van der Waals surface area contributed by atoms with Crippen LogP contribution in [0.2, 0.25) is 0 Å². The first kappa shape index (κ1) is 25.4. The third-order valence-corrected chi connectivity index (χ3v) is 8.70. The Bertz CT molecular complexity index is 895. The van der Waals surface area contributed by atoms with Gasteiger partial charge in [-0.05, 0) is 85.0 Å². The Morgan fingerprint density at radius 2 is 1.85 bits per heavy atom. The second kappa shape index (κ2) is 9.39. The summed E-state index contributed by atoms with van der Waals surface area (Å²) in [6.07, 6.45) is -2.61. The van der Waals surface area contributed by atoms with E-state index in [2.05, 4.69) is 6.92 Å². The molecule has 1 aromatic carbocycles. The number of carboxylic acids is 1. The van der Waals surface area contributed by atoms with Crippen molar-refractivity contribution in [2.45, 2.75) is 88.2 Å². The molecule has 1 heterocycles. The standard InChI is InChI=1S/C24H32O8.Na/c1-24-9-8-14-13-5-3-12(10-11(13)2-4-15(14)16(24)6-7-17(24)25)31-23-20(28)18(26)19(27)21(32-23)22(29)30;/h3,5,10,14-21,23,25-28H,2,4,6-9H2,1H3,(H,29,30);/q;+1/p-1/t14?,15?,16?,17?,18?,19?,20?,21?,23?,24-;/m0./s1. The van der Waals surface area contributed by atoms with Crippen LogP contribution in [0.1, 0.15) is 56.1 Å². The van der Waals surface area contributed by atoms with Crippen LogP contribution in [0.15, 0.2) is 18.2 Å². The number of hydrogen-bond acceptors (Lipinski definition) is 8. The van der Waals surface area contributed by atoms with Gasteiger partial charge in [0.1, 0.15) is 30.2 Å². The van der Waals surface area contributed by atoms with Gasteiger partial charge in [0, 0.05) is 0 Å². The van der Waals surface area contributed by atoms with Gasteiger partial charge >= 0.3 is 29.6 Å². The van der Waals surface area contributed by atoms with Gasteiger partial charge in [0.2, 0.25) is 6.29 Å². The first-order valence-electron chi connectivity index (χ1n) is 11.6. The summed E-state index contributed by atoms with van der Waals surface area (Å²) in [4.78, 5) is 11.2. The number of hydrogen-bond donors (Lipinski definition) is 4. The average Bonchev–Trinajstić information content (AvgIpc) is 3.08. The Hall–Kier alpha value is -0.710. The largest absolute Gasteiger partial charge is 1.00 e. The Labute approximate surface area is 215 Å². The van der Waals surface area contributed by atoms with Crippen LogP contribution in [0.5, 0.6) is 5.75 Å². The molecule has 10 atom stereocenters. The van der Waals surface area contributed by atoms with Crippen molar-refractivity contribution < 1.29 is 69.4 Å². The van der Waals surface area contributed by atoms with E-state index in [0.717, 1.165) is 44.1 Å². The maximum absolute atomic E-state index is 11.2. The zero-order valence-corrected chi connectivity index (χ0v) is 21.1. The molecular weight excluding hydrogens is 439 g/mol. The van der Waals surface area contributed by atoms with E-state index >= 15 is 0 Å². The Morgan fingerprint density at radius 3 is 2.58 bits per heavy atom. The van der Waals surface area contributed by atoms with E-state index in [9.17, 15) is 30.3 Å². The SMILES string of the molecule is C[C@]12CCC3c4ccc(OC5OC(C(=O)[O-])C(O)C(O)C5O)cc4CCC3C1CCC2O.[Na+]. The van der Waals surface area contributed by atoms with Crippen LogP contribution in [-0.2, 0) is 16.0 Å². The fraction of sp³-hybridized carbons (Fsp3) is 0.708. The Morgan fingerprint density at radius 1 is 1.09 bits per heavy atom. The van der Waals surface area contributed by atoms with E-state index < -0.39 is 36.7 Å². The number of ether oxygens (including phenoxy) is 2. The van der Waals surface area contributed by atoms with Crippen molar-refractivity contribution in [2.24, 2.45) is 17.3 Å². The zero-order valence-electron chi connectivity index (χ0n) is 19.1. The number of aliphatic carboxylic acids is 1. The molecular formula is C24H31NaO8. The van der Waals surface area contributed by atoms with Crippen molar-refractivity contribution in [3.8, 4) is 5.75 Å². The van der Waals surface area contributed by atoms with Crippen molar-refractivity contribution in [1.82, 2.24) is 0 Å². The van der Waals surface area contributed by atoms with E-state index in [1.54, 1.807) is 6.07 Å². The molecule has 0 bridgehead atoms. The molecule has 9 heteroatoms. The molecule has 1 saturated heterocycles. The number of carbonyl (C=O) groups excluding carboxylic acids is 1. The normalized spacial score (nSPS) is 44.1. The van der Waals surface area contributed by atoms with Crippen molar-refractivity contribution in [1.29, 1.82) is 0 Å². The Balaban J connectivity index is 0.00000259. The molecule has 33 heavy (non-hydrogen) atoms. The minimum atomic E-state index is -1.80. The van der Waals surface area contributed by atoms with E-state index in [-0.39, 0.29) is 41.1 Å². The predicted molar refractivity (Wildman–Crippen MR) is 109 cm³/mol. The number of fused-ring (bicyclic) bond motifs is 5. The first-order chi connectivity index (χ1) is 15.2.